The second-order valence-corrected chi connectivity index (χ2v) is 3.81. The maximum absolute atomic E-state index is 11.0. The molecule has 6 nitrogen and oxygen atoms in total. The van der Waals surface area contributed by atoms with Crippen molar-refractivity contribution in [2.45, 2.75) is 19.9 Å². The van der Waals surface area contributed by atoms with Gasteiger partial charge in [-0.25, -0.2) is 4.21 Å². The molecular formula is C7H17N3O3S. The fourth-order valence-corrected chi connectivity index (χ4v) is 1.28. The zero-order valence-corrected chi connectivity index (χ0v) is 9.21. The van der Waals surface area contributed by atoms with Crippen LogP contribution in [0.1, 0.15) is 13.8 Å². The van der Waals surface area contributed by atoms with Crippen LogP contribution in [-0.4, -0.2) is 44.7 Å². The van der Waals surface area contributed by atoms with E-state index in [0.717, 1.165) is 0 Å². The van der Waals surface area contributed by atoms with Crippen LogP contribution in [0.4, 0.5) is 0 Å². The Morgan fingerprint density at radius 2 is 2.29 bits per heavy atom. The van der Waals surface area contributed by atoms with Crippen LogP contribution in [0.15, 0.2) is 0 Å². The summed E-state index contributed by atoms with van der Waals surface area (Å²) in [6.45, 7) is 4.45. The highest BCUT2D eigenvalue weighted by Gasteiger charge is 2.10. The minimum atomic E-state index is -1.98. The molecule has 0 rings (SSSR count). The largest absolute Gasteiger partial charge is 0.353 e. The quantitative estimate of drug-likeness (QED) is 0.498. The number of carbonyl (C=O) groups excluding carboxylic acids is 1. The second kappa shape index (κ2) is 6.88. The van der Waals surface area contributed by atoms with Crippen molar-refractivity contribution < 1.29 is 13.6 Å². The second-order valence-electron chi connectivity index (χ2n) is 2.83. The van der Waals surface area contributed by atoms with E-state index in [1.165, 1.54) is 4.31 Å². The summed E-state index contributed by atoms with van der Waals surface area (Å²) >= 11 is -1.98. The van der Waals surface area contributed by atoms with Gasteiger partial charge in [0.15, 0.2) is 0 Å². The Morgan fingerprint density at radius 3 is 2.64 bits per heavy atom. The van der Waals surface area contributed by atoms with Crippen LogP contribution < -0.4 is 11.1 Å². The molecule has 0 radical (unpaired) electrons. The lowest BCUT2D eigenvalue weighted by Gasteiger charge is -2.15. The molecule has 0 aromatic rings. The third-order valence-corrected chi connectivity index (χ3v) is 2.53. The van der Waals surface area contributed by atoms with Gasteiger partial charge in [-0.1, -0.05) is 6.92 Å². The van der Waals surface area contributed by atoms with Gasteiger partial charge in [-0.15, -0.1) is 0 Å². The molecule has 0 aromatic heterocycles. The number of carbonyl (C=O) groups is 1. The highest BCUT2D eigenvalue weighted by atomic mass is 32.2. The first-order valence-electron chi connectivity index (χ1n) is 4.38. The first-order chi connectivity index (χ1) is 6.49. The predicted molar refractivity (Wildman–Crippen MR) is 54.7 cm³/mol. The van der Waals surface area contributed by atoms with Crippen molar-refractivity contribution >= 4 is 17.2 Å². The monoisotopic (exact) mass is 223 g/mol. The van der Waals surface area contributed by atoms with Crippen molar-refractivity contribution in [3.63, 3.8) is 0 Å². The van der Waals surface area contributed by atoms with Gasteiger partial charge in [0.1, 0.15) is 0 Å². The topological polar surface area (TPSA) is 95.7 Å². The van der Waals surface area contributed by atoms with Gasteiger partial charge in [-0.2, -0.15) is 4.31 Å². The van der Waals surface area contributed by atoms with Crippen LogP contribution in [0.3, 0.4) is 0 Å². The molecule has 0 saturated carbocycles. The van der Waals surface area contributed by atoms with Gasteiger partial charge >= 0.3 is 0 Å². The van der Waals surface area contributed by atoms with E-state index in [-0.39, 0.29) is 5.91 Å². The zero-order valence-electron chi connectivity index (χ0n) is 8.40. The standard InChI is InChI=1S/C7H17N3O3S/c1-3-10(14(12)13)5-4-9-7(11)6(2)8/h6H,3-5,8H2,1-2H3,(H,9,11)(H,12,13)/t6-/m0/s1. The number of nitrogens with one attached hydrogen (secondary N) is 1. The molecule has 0 bridgehead atoms. The van der Waals surface area contributed by atoms with E-state index in [4.69, 9.17) is 10.3 Å². The van der Waals surface area contributed by atoms with E-state index in [0.29, 0.717) is 19.6 Å². The smallest absolute Gasteiger partial charge is 0.236 e. The predicted octanol–water partition coefficient (Wildman–Crippen LogP) is -1.09. The summed E-state index contributed by atoms with van der Waals surface area (Å²) in [5.74, 6) is -0.259. The minimum absolute atomic E-state index is 0.259. The van der Waals surface area contributed by atoms with E-state index < -0.39 is 17.3 Å². The zero-order chi connectivity index (χ0) is 11.1. The fraction of sp³-hybridized carbons (Fsp3) is 0.857. The SMILES string of the molecule is CCN(CCNC(=O)[C@H](C)N)S(=O)O. The Hall–Kier alpha value is -0.500. The van der Waals surface area contributed by atoms with Crippen LogP contribution in [0.2, 0.25) is 0 Å². The van der Waals surface area contributed by atoms with Crippen molar-refractivity contribution in [1.82, 2.24) is 9.62 Å². The highest BCUT2D eigenvalue weighted by molar-refractivity contribution is 7.76. The van der Waals surface area contributed by atoms with E-state index in [9.17, 15) is 9.00 Å². The summed E-state index contributed by atoms with van der Waals surface area (Å²) in [7, 11) is 0. The molecule has 14 heavy (non-hydrogen) atoms. The normalized spacial score (nSPS) is 15.2. The van der Waals surface area contributed by atoms with Crippen LogP contribution in [0, 0.1) is 0 Å². The molecule has 0 spiro atoms. The van der Waals surface area contributed by atoms with Crippen LogP contribution in [-0.2, 0) is 16.1 Å². The van der Waals surface area contributed by atoms with Gasteiger partial charge in [-0.3, -0.25) is 9.35 Å². The van der Waals surface area contributed by atoms with Crippen molar-refractivity contribution in [1.29, 1.82) is 0 Å². The third-order valence-electron chi connectivity index (χ3n) is 1.65. The van der Waals surface area contributed by atoms with Crippen LogP contribution in [0.5, 0.6) is 0 Å². The maximum atomic E-state index is 11.0. The third kappa shape index (κ3) is 5.28. The van der Waals surface area contributed by atoms with E-state index >= 15 is 0 Å². The summed E-state index contributed by atoms with van der Waals surface area (Å²) in [5.41, 5.74) is 5.31. The van der Waals surface area contributed by atoms with Crippen molar-refractivity contribution in [3.05, 3.63) is 0 Å². The van der Waals surface area contributed by atoms with Gasteiger partial charge in [-0.05, 0) is 6.92 Å². The molecule has 1 unspecified atom stereocenters. The molecule has 0 saturated heterocycles. The Morgan fingerprint density at radius 1 is 1.71 bits per heavy atom. The van der Waals surface area contributed by atoms with E-state index in [1.54, 1.807) is 13.8 Å². The summed E-state index contributed by atoms with van der Waals surface area (Å²) in [4.78, 5) is 11.0. The van der Waals surface area contributed by atoms with Gasteiger partial charge < -0.3 is 11.1 Å². The average molecular weight is 223 g/mol. The summed E-state index contributed by atoms with van der Waals surface area (Å²) < 4.78 is 20.7. The number of nitrogens with two attached hydrogens (primary N) is 1. The van der Waals surface area contributed by atoms with Crippen molar-refractivity contribution in [2.24, 2.45) is 5.73 Å². The summed E-state index contributed by atoms with van der Waals surface area (Å²) in [5, 5.41) is 2.55. The number of nitrogens with zero attached hydrogens (tertiary/aromatic N) is 1. The molecule has 0 aliphatic rings. The Balaban J connectivity index is 3.72. The van der Waals surface area contributed by atoms with Gasteiger partial charge in [0, 0.05) is 19.6 Å². The number of hydrogen-bond donors (Lipinski definition) is 3. The maximum Gasteiger partial charge on any atom is 0.236 e. The Labute approximate surface area is 86.3 Å². The fourth-order valence-electron chi connectivity index (χ4n) is 0.811. The van der Waals surface area contributed by atoms with E-state index in [1.807, 2.05) is 0 Å². The molecule has 0 heterocycles. The molecule has 4 N–H and O–H groups in total. The Bertz CT molecular complexity index is 210. The lowest BCUT2D eigenvalue weighted by molar-refractivity contribution is -0.121. The number of likely N-dealkylation sites (N-methyl/N-ethyl adjacent to an activating group) is 1. The van der Waals surface area contributed by atoms with Gasteiger partial charge in [0.2, 0.25) is 17.2 Å². The lowest BCUT2D eigenvalue weighted by atomic mass is 10.3. The highest BCUT2D eigenvalue weighted by Crippen LogP contribution is 1.89. The lowest BCUT2D eigenvalue weighted by Crippen LogP contribution is -2.42. The first kappa shape index (κ1) is 13.5. The van der Waals surface area contributed by atoms with Gasteiger partial charge in [0.25, 0.3) is 0 Å². The number of amides is 1. The number of hydrogen-bond acceptors (Lipinski definition) is 3. The minimum Gasteiger partial charge on any atom is -0.353 e. The van der Waals surface area contributed by atoms with Crippen LogP contribution >= 0.6 is 0 Å². The first-order valence-corrected chi connectivity index (χ1v) is 5.44. The summed E-state index contributed by atoms with van der Waals surface area (Å²) in [6.07, 6.45) is 0. The molecule has 0 fully saturated rings. The van der Waals surface area contributed by atoms with Crippen molar-refractivity contribution in [2.75, 3.05) is 19.6 Å². The van der Waals surface area contributed by atoms with E-state index in [2.05, 4.69) is 5.32 Å². The average Bonchev–Trinajstić information content (AvgIpc) is 2.11. The van der Waals surface area contributed by atoms with Crippen LogP contribution in [0.25, 0.3) is 0 Å². The molecule has 0 aliphatic heterocycles. The summed E-state index contributed by atoms with van der Waals surface area (Å²) in [6, 6.07) is -0.551. The molecule has 84 valence electrons. The molecule has 2 atom stereocenters. The molecule has 0 aromatic carbocycles. The molecule has 0 aliphatic carbocycles. The molecule has 7 heteroatoms. The molecular weight excluding hydrogens is 206 g/mol. The Kier molecular flexibility index (Phi) is 6.64. The molecule has 1 amide bonds. The number of rotatable bonds is 6. The van der Waals surface area contributed by atoms with Gasteiger partial charge in [0.05, 0.1) is 6.04 Å². The van der Waals surface area contributed by atoms with Crippen molar-refractivity contribution in [3.8, 4) is 0 Å².